The molecule has 0 aromatic carbocycles. The van der Waals surface area contributed by atoms with E-state index in [1.807, 2.05) is 19.2 Å². The summed E-state index contributed by atoms with van der Waals surface area (Å²) < 4.78 is 0. The molecular weight excluding hydrogens is 264 g/mol. The van der Waals surface area contributed by atoms with Crippen LogP contribution in [-0.2, 0) is 10.3 Å². The molecular formula is C12H20N4O2S. The zero-order valence-electron chi connectivity index (χ0n) is 11.4. The molecule has 0 aliphatic carbocycles. The monoisotopic (exact) mass is 284 g/mol. The van der Waals surface area contributed by atoms with Gasteiger partial charge in [0.15, 0.2) is 0 Å². The Bertz CT molecular complexity index is 421. The van der Waals surface area contributed by atoms with Gasteiger partial charge in [-0.15, -0.1) is 11.3 Å². The predicted molar refractivity (Wildman–Crippen MR) is 75.0 cm³/mol. The van der Waals surface area contributed by atoms with Crippen LogP contribution in [0.1, 0.15) is 32.2 Å². The Morgan fingerprint density at radius 2 is 2.16 bits per heavy atom. The average Bonchev–Trinajstić information content (AvgIpc) is 2.90. The maximum absolute atomic E-state index is 11.6. The van der Waals surface area contributed by atoms with Gasteiger partial charge in [0.2, 0.25) is 5.91 Å². The molecule has 1 aromatic rings. The number of aromatic nitrogens is 1. The molecule has 1 heterocycles. The van der Waals surface area contributed by atoms with Crippen LogP contribution in [0.3, 0.4) is 0 Å². The van der Waals surface area contributed by atoms with Crippen LogP contribution in [0.15, 0.2) is 11.6 Å². The summed E-state index contributed by atoms with van der Waals surface area (Å²) >= 11 is 1.54. The lowest BCUT2D eigenvalue weighted by atomic mass is 10.00. The minimum absolute atomic E-state index is 0.0705. The van der Waals surface area contributed by atoms with E-state index in [1.54, 1.807) is 24.5 Å². The van der Waals surface area contributed by atoms with Crippen molar-refractivity contribution in [1.29, 1.82) is 0 Å². The number of imide groups is 1. The van der Waals surface area contributed by atoms with Crippen LogP contribution in [0, 0.1) is 0 Å². The first kappa shape index (κ1) is 15.6. The second-order valence-electron chi connectivity index (χ2n) is 4.28. The molecule has 0 saturated heterocycles. The molecule has 1 rings (SSSR count). The van der Waals surface area contributed by atoms with Crippen molar-refractivity contribution in [3.63, 3.8) is 0 Å². The average molecular weight is 284 g/mol. The molecule has 0 saturated carbocycles. The van der Waals surface area contributed by atoms with Crippen molar-refractivity contribution in [3.05, 3.63) is 16.6 Å². The van der Waals surface area contributed by atoms with Gasteiger partial charge in [0, 0.05) is 18.1 Å². The van der Waals surface area contributed by atoms with Crippen molar-refractivity contribution in [1.82, 2.24) is 20.9 Å². The van der Waals surface area contributed by atoms with Crippen molar-refractivity contribution < 1.29 is 9.59 Å². The second kappa shape index (κ2) is 7.20. The molecule has 7 heteroatoms. The fraction of sp³-hybridized carbons (Fsp3) is 0.583. The summed E-state index contributed by atoms with van der Waals surface area (Å²) in [5.74, 6) is -0.359. The fourth-order valence-corrected chi connectivity index (χ4v) is 2.35. The quantitative estimate of drug-likeness (QED) is 0.733. The van der Waals surface area contributed by atoms with Crippen LogP contribution in [0.5, 0.6) is 0 Å². The topological polar surface area (TPSA) is 83.1 Å². The van der Waals surface area contributed by atoms with E-state index in [9.17, 15) is 9.59 Å². The number of rotatable bonds is 6. The van der Waals surface area contributed by atoms with Crippen molar-refractivity contribution >= 4 is 23.3 Å². The summed E-state index contributed by atoms with van der Waals surface area (Å²) in [5, 5.41) is 10.7. The van der Waals surface area contributed by atoms with Crippen molar-refractivity contribution in [2.45, 2.75) is 32.7 Å². The van der Waals surface area contributed by atoms with Gasteiger partial charge < -0.3 is 5.32 Å². The van der Waals surface area contributed by atoms with Gasteiger partial charge in [-0.1, -0.05) is 6.92 Å². The summed E-state index contributed by atoms with van der Waals surface area (Å²) in [6.45, 7) is 6.36. The number of carbonyl (C=O) groups excluding carboxylic acids is 2. The lowest BCUT2D eigenvalue weighted by molar-refractivity contribution is -0.119. The van der Waals surface area contributed by atoms with E-state index in [2.05, 4.69) is 20.9 Å². The Balaban J connectivity index is 2.50. The number of nitrogens with zero attached hydrogens (tertiary/aromatic N) is 1. The first-order chi connectivity index (χ1) is 9.01. The molecule has 0 unspecified atom stereocenters. The highest BCUT2D eigenvalue weighted by atomic mass is 32.1. The number of thiazole rings is 1. The van der Waals surface area contributed by atoms with E-state index in [0.29, 0.717) is 6.54 Å². The molecule has 0 aliphatic heterocycles. The molecule has 3 N–H and O–H groups in total. The molecule has 0 fully saturated rings. The Morgan fingerprint density at radius 3 is 2.68 bits per heavy atom. The summed E-state index contributed by atoms with van der Waals surface area (Å²) in [4.78, 5) is 27.1. The van der Waals surface area contributed by atoms with Crippen molar-refractivity contribution in [2.24, 2.45) is 0 Å². The summed E-state index contributed by atoms with van der Waals surface area (Å²) in [5.41, 5.74) is -0.354. The first-order valence-corrected chi connectivity index (χ1v) is 7.12. The van der Waals surface area contributed by atoms with Crippen LogP contribution in [-0.4, -0.2) is 30.0 Å². The maximum atomic E-state index is 11.6. The lowest BCUT2D eigenvalue weighted by Crippen LogP contribution is -2.48. The molecule has 0 aliphatic rings. The molecule has 1 atom stereocenters. The van der Waals surface area contributed by atoms with Crippen LogP contribution >= 0.6 is 11.3 Å². The number of nitrogens with one attached hydrogen (secondary N) is 3. The molecule has 0 bridgehead atoms. The molecule has 3 amide bonds. The Morgan fingerprint density at radius 1 is 1.42 bits per heavy atom. The zero-order chi connectivity index (χ0) is 14.3. The maximum Gasteiger partial charge on any atom is 0.321 e. The normalized spacial score (nSPS) is 13.6. The molecule has 0 radical (unpaired) electrons. The summed E-state index contributed by atoms with van der Waals surface area (Å²) in [7, 11) is 0. The third kappa shape index (κ3) is 4.60. The summed E-state index contributed by atoms with van der Waals surface area (Å²) in [6, 6.07) is -0.471. The number of amides is 3. The van der Waals surface area contributed by atoms with Gasteiger partial charge in [-0.2, -0.15) is 0 Å². The molecule has 106 valence electrons. The van der Waals surface area contributed by atoms with Crippen LogP contribution in [0.25, 0.3) is 0 Å². The van der Waals surface area contributed by atoms with E-state index in [-0.39, 0.29) is 18.0 Å². The van der Waals surface area contributed by atoms with E-state index >= 15 is 0 Å². The smallest absolute Gasteiger partial charge is 0.321 e. The van der Waals surface area contributed by atoms with Gasteiger partial charge in [0.25, 0.3) is 0 Å². The highest BCUT2D eigenvalue weighted by Gasteiger charge is 2.27. The standard InChI is InChI=1S/C12H20N4O2S/c1-4-12(3,10-14-6-7-19-10)15-8-9(17)16-11(18)13-5-2/h6-7,15H,4-5,8H2,1-3H3,(H2,13,16,17,18)/t12-/m1/s1. The fourth-order valence-electron chi connectivity index (χ4n) is 1.50. The number of hydrogen-bond donors (Lipinski definition) is 3. The molecule has 19 heavy (non-hydrogen) atoms. The summed E-state index contributed by atoms with van der Waals surface area (Å²) in [6.07, 6.45) is 2.54. The Hall–Kier alpha value is -1.47. The van der Waals surface area contributed by atoms with E-state index in [0.717, 1.165) is 11.4 Å². The highest BCUT2D eigenvalue weighted by molar-refractivity contribution is 7.09. The van der Waals surface area contributed by atoms with Crippen LogP contribution < -0.4 is 16.0 Å². The zero-order valence-corrected chi connectivity index (χ0v) is 12.3. The molecule has 1 aromatic heterocycles. The Kier molecular flexibility index (Phi) is 5.91. The minimum atomic E-state index is -0.471. The number of urea groups is 1. The third-order valence-corrected chi connectivity index (χ3v) is 3.88. The van der Waals surface area contributed by atoms with Gasteiger partial charge in [-0.05, 0) is 20.3 Å². The highest BCUT2D eigenvalue weighted by Crippen LogP contribution is 2.25. The minimum Gasteiger partial charge on any atom is -0.338 e. The lowest BCUT2D eigenvalue weighted by Gasteiger charge is -2.27. The second-order valence-corrected chi connectivity index (χ2v) is 5.18. The molecule has 6 nitrogen and oxygen atoms in total. The van der Waals surface area contributed by atoms with Gasteiger partial charge >= 0.3 is 6.03 Å². The van der Waals surface area contributed by atoms with Gasteiger partial charge in [0.1, 0.15) is 5.01 Å². The first-order valence-electron chi connectivity index (χ1n) is 6.24. The predicted octanol–water partition coefficient (Wildman–Crippen LogP) is 1.20. The van der Waals surface area contributed by atoms with Gasteiger partial charge in [-0.25, -0.2) is 9.78 Å². The van der Waals surface area contributed by atoms with Gasteiger partial charge in [0.05, 0.1) is 12.1 Å². The van der Waals surface area contributed by atoms with Crippen LogP contribution in [0.2, 0.25) is 0 Å². The van der Waals surface area contributed by atoms with E-state index in [1.165, 1.54) is 0 Å². The van der Waals surface area contributed by atoms with Crippen molar-refractivity contribution in [3.8, 4) is 0 Å². The Labute approximate surface area is 117 Å². The van der Waals surface area contributed by atoms with Crippen LogP contribution in [0.4, 0.5) is 4.79 Å². The third-order valence-electron chi connectivity index (χ3n) is 2.84. The number of hydrogen-bond acceptors (Lipinski definition) is 5. The van der Waals surface area contributed by atoms with Crippen molar-refractivity contribution in [2.75, 3.05) is 13.1 Å². The van der Waals surface area contributed by atoms with E-state index in [4.69, 9.17) is 0 Å². The van der Waals surface area contributed by atoms with Gasteiger partial charge in [-0.3, -0.25) is 15.4 Å². The molecule has 0 spiro atoms. The SMILES string of the molecule is CCNC(=O)NC(=O)CN[C@](C)(CC)c1nccs1. The largest absolute Gasteiger partial charge is 0.338 e. The van der Waals surface area contributed by atoms with E-state index < -0.39 is 6.03 Å². The number of carbonyl (C=O) groups is 2.